The lowest BCUT2D eigenvalue weighted by Gasteiger charge is -2.09. The topological polar surface area (TPSA) is 20.2 Å². The number of hydrogen-bond acceptors (Lipinski definition) is 1. The van der Waals surface area contributed by atoms with Gasteiger partial charge in [-0.05, 0) is 60.2 Å². The molecule has 14 heavy (non-hydrogen) atoms. The molecule has 0 radical (unpaired) electrons. The second kappa shape index (κ2) is 5.28. The van der Waals surface area contributed by atoms with E-state index in [4.69, 9.17) is 0 Å². The van der Waals surface area contributed by atoms with Crippen molar-refractivity contribution in [1.29, 1.82) is 0 Å². The minimum Gasteiger partial charge on any atom is -0.384 e. The van der Waals surface area contributed by atoms with Crippen molar-refractivity contribution < 1.29 is 5.11 Å². The molecule has 3 heteroatoms. The van der Waals surface area contributed by atoms with Gasteiger partial charge in [0.05, 0.1) is 6.10 Å². The van der Waals surface area contributed by atoms with Gasteiger partial charge in [0.2, 0.25) is 0 Å². The van der Waals surface area contributed by atoms with Crippen LogP contribution in [-0.4, -0.2) is 5.11 Å². The molecular formula is C11H12BrIO. The van der Waals surface area contributed by atoms with Crippen LogP contribution >= 0.6 is 38.5 Å². The van der Waals surface area contributed by atoms with Gasteiger partial charge in [0.25, 0.3) is 0 Å². The first kappa shape index (κ1) is 12.2. The second-order valence-corrected chi connectivity index (χ2v) is 5.43. The van der Waals surface area contributed by atoms with Crippen LogP contribution in [-0.2, 0) is 0 Å². The molecule has 1 atom stereocenters. The Labute approximate surface area is 106 Å². The van der Waals surface area contributed by atoms with Crippen LogP contribution in [0.4, 0.5) is 0 Å². The average Bonchev–Trinajstić information content (AvgIpc) is 2.08. The summed E-state index contributed by atoms with van der Waals surface area (Å²) < 4.78 is 2.07. The van der Waals surface area contributed by atoms with E-state index in [0.717, 1.165) is 19.2 Å². The fourth-order valence-electron chi connectivity index (χ4n) is 1.15. The highest BCUT2D eigenvalue weighted by molar-refractivity contribution is 14.1. The van der Waals surface area contributed by atoms with Gasteiger partial charge in [-0.15, -0.1) is 0 Å². The zero-order valence-electron chi connectivity index (χ0n) is 8.09. The van der Waals surface area contributed by atoms with E-state index in [9.17, 15) is 5.11 Å². The summed E-state index contributed by atoms with van der Waals surface area (Å²) >= 11 is 5.62. The summed E-state index contributed by atoms with van der Waals surface area (Å²) in [5.41, 5.74) is 2.06. The van der Waals surface area contributed by atoms with Gasteiger partial charge in [-0.25, -0.2) is 0 Å². The van der Waals surface area contributed by atoms with E-state index in [-0.39, 0.29) is 0 Å². The van der Waals surface area contributed by atoms with E-state index < -0.39 is 6.10 Å². The first-order chi connectivity index (χ1) is 6.50. The monoisotopic (exact) mass is 366 g/mol. The van der Waals surface area contributed by atoms with Crippen molar-refractivity contribution in [3.63, 3.8) is 0 Å². The molecule has 0 fully saturated rings. The van der Waals surface area contributed by atoms with Crippen LogP contribution in [0.3, 0.4) is 0 Å². The molecule has 1 aromatic rings. The summed E-state index contributed by atoms with van der Waals surface area (Å²) in [5.74, 6) is 0. The SMILES string of the molecule is CC(C)=CC(O)c1cc(Br)ccc1I. The predicted molar refractivity (Wildman–Crippen MR) is 71.2 cm³/mol. The van der Waals surface area contributed by atoms with Crippen LogP contribution in [0.5, 0.6) is 0 Å². The molecular weight excluding hydrogens is 355 g/mol. The Hall–Kier alpha value is 0.130. The largest absolute Gasteiger partial charge is 0.384 e. The predicted octanol–water partition coefficient (Wildman–Crippen LogP) is 4.05. The molecule has 0 saturated heterocycles. The fraction of sp³-hybridized carbons (Fsp3) is 0.273. The zero-order valence-corrected chi connectivity index (χ0v) is 11.8. The molecule has 0 aliphatic carbocycles. The first-order valence-corrected chi connectivity index (χ1v) is 6.16. The summed E-state index contributed by atoms with van der Waals surface area (Å²) in [7, 11) is 0. The van der Waals surface area contributed by atoms with Gasteiger partial charge in [-0.3, -0.25) is 0 Å². The van der Waals surface area contributed by atoms with E-state index >= 15 is 0 Å². The van der Waals surface area contributed by atoms with Crippen molar-refractivity contribution in [1.82, 2.24) is 0 Å². The first-order valence-electron chi connectivity index (χ1n) is 4.28. The van der Waals surface area contributed by atoms with Gasteiger partial charge < -0.3 is 5.11 Å². The summed E-state index contributed by atoms with van der Waals surface area (Å²) in [4.78, 5) is 0. The van der Waals surface area contributed by atoms with E-state index in [1.807, 2.05) is 38.1 Å². The Morgan fingerprint density at radius 1 is 1.50 bits per heavy atom. The van der Waals surface area contributed by atoms with E-state index in [2.05, 4.69) is 38.5 Å². The highest BCUT2D eigenvalue weighted by Crippen LogP contribution is 2.25. The van der Waals surface area contributed by atoms with Crippen LogP contribution in [0, 0.1) is 3.57 Å². The molecule has 0 amide bonds. The van der Waals surface area contributed by atoms with Crippen molar-refractivity contribution in [3.05, 3.63) is 43.5 Å². The normalized spacial score (nSPS) is 12.4. The minimum atomic E-state index is -0.510. The van der Waals surface area contributed by atoms with E-state index in [1.165, 1.54) is 0 Å². The Bertz CT molecular complexity index is 356. The van der Waals surface area contributed by atoms with Crippen LogP contribution in [0.1, 0.15) is 25.5 Å². The maximum absolute atomic E-state index is 9.89. The Morgan fingerprint density at radius 2 is 2.14 bits per heavy atom. The van der Waals surface area contributed by atoms with Crippen molar-refractivity contribution in [2.45, 2.75) is 20.0 Å². The van der Waals surface area contributed by atoms with Crippen LogP contribution in [0.2, 0.25) is 0 Å². The molecule has 0 aromatic heterocycles. The van der Waals surface area contributed by atoms with Gasteiger partial charge in [0.15, 0.2) is 0 Å². The number of aliphatic hydroxyl groups is 1. The molecule has 0 spiro atoms. The van der Waals surface area contributed by atoms with Gasteiger partial charge in [-0.2, -0.15) is 0 Å². The minimum absolute atomic E-state index is 0.510. The lowest BCUT2D eigenvalue weighted by atomic mass is 10.1. The molecule has 1 nitrogen and oxygen atoms in total. The standard InChI is InChI=1S/C11H12BrIO/c1-7(2)5-11(14)9-6-8(12)3-4-10(9)13/h3-6,11,14H,1-2H3. The number of aliphatic hydroxyl groups excluding tert-OH is 1. The number of benzene rings is 1. The van der Waals surface area contributed by atoms with Crippen LogP contribution in [0.15, 0.2) is 34.3 Å². The van der Waals surface area contributed by atoms with E-state index in [1.54, 1.807) is 0 Å². The van der Waals surface area contributed by atoms with Crippen LogP contribution < -0.4 is 0 Å². The summed E-state index contributed by atoms with van der Waals surface area (Å²) in [6.45, 7) is 3.96. The smallest absolute Gasteiger partial charge is 0.0984 e. The molecule has 1 aromatic carbocycles. The van der Waals surface area contributed by atoms with Crippen molar-refractivity contribution in [3.8, 4) is 0 Å². The summed E-state index contributed by atoms with van der Waals surface area (Å²) in [6.07, 6.45) is 1.34. The highest BCUT2D eigenvalue weighted by atomic mass is 127. The second-order valence-electron chi connectivity index (χ2n) is 3.35. The summed E-state index contributed by atoms with van der Waals surface area (Å²) in [5, 5.41) is 9.89. The molecule has 76 valence electrons. The van der Waals surface area contributed by atoms with Gasteiger partial charge in [-0.1, -0.05) is 27.6 Å². The number of halogens is 2. The van der Waals surface area contributed by atoms with Gasteiger partial charge in [0, 0.05) is 8.04 Å². The highest BCUT2D eigenvalue weighted by Gasteiger charge is 2.08. The molecule has 0 bridgehead atoms. The Kier molecular flexibility index (Phi) is 4.60. The van der Waals surface area contributed by atoms with Crippen molar-refractivity contribution in [2.75, 3.05) is 0 Å². The third-order valence-corrected chi connectivity index (χ3v) is 3.24. The molecule has 0 aliphatic rings. The lowest BCUT2D eigenvalue weighted by molar-refractivity contribution is 0.227. The van der Waals surface area contributed by atoms with Crippen molar-refractivity contribution in [2.24, 2.45) is 0 Å². The molecule has 0 aliphatic heterocycles. The average molecular weight is 367 g/mol. The number of allylic oxidation sites excluding steroid dienone is 1. The quantitative estimate of drug-likeness (QED) is 0.618. The Balaban J connectivity index is 3.05. The molecule has 1 rings (SSSR count). The Morgan fingerprint density at radius 3 is 2.71 bits per heavy atom. The number of rotatable bonds is 2. The van der Waals surface area contributed by atoms with Crippen LogP contribution in [0.25, 0.3) is 0 Å². The van der Waals surface area contributed by atoms with Crippen molar-refractivity contribution >= 4 is 38.5 Å². The molecule has 0 heterocycles. The zero-order chi connectivity index (χ0) is 10.7. The van der Waals surface area contributed by atoms with Gasteiger partial charge >= 0.3 is 0 Å². The maximum atomic E-state index is 9.89. The molecule has 1 N–H and O–H groups in total. The van der Waals surface area contributed by atoms with Gasteiger partial charge in [0.1, 0.15) is 0 Å². The maximum Gasteiger partial charge on any atom is 0.0984 e. The lowest BCUT2D eigenvalue weighted by Crippen LogP contribution is -1.97. The third kappa shape index (κ3) is 3.37. The summed E-state index contributed by atoms with van der Waals surface area (Å²) in [6, 6.07) is 5.91. The van der Waals surface area contributed by atoms with E-state index in [0.29, 0.717) is 0 Å². The third-order valence-electron chi connectivity index (χ3n) is 1.77. The molecule has 0 saturated carbocycles. The number of hydrogen-bond donors (Lipinski definition) is 1. The molecule has 1 unspecified atom stereocenters. The fourth-order valence-corrected chi connectivity index (χ4v) is 2.18.